The summed E-state index contributed by atoms with van der Waals surface area (Å²) in [5.41, 5.74) is 9.08. The number of nitrogens with two attached hydrogens (primary N) is 1. The van der Waals surface area contributed by atoms with Crippen LogP contribution in [0.4, 0.5) is 5.69 Å². The Bertz CT molecular complexity index is 645. The SMILES string of the molecule is Nc1cccc(-c2cnn(C3CCOC4(CCC4)C3)c2)c1. The van der Waals surface area contributed by atoms with E-state index in [0.29, 0.717) is 6.04 Å². The van der Waals surface area contributed by atoms with Crippen molar-refractivity contribution >= 4 is 5.69 Å². The van der Waals surface area contributed by atoms with Gasteiger partial charge in [-0.2, -0.15) is 5.10 Å². The minimum absolute atomic E-state index is 0.159. The molecular weight excluding hydrogens is 262 g/mol. The summed E-state index contributed by atoms with van der Waals surface area (Å²) < 4.78 is 8.13. The van der Waals surface area contributed by atoms with E-state index in [2.05, 4.69) is 22.0 Å². The van der Waals surface area contributed by atoms with Gasteiger partial charge in [0.05, 0.1) is 17.8 Å². The van der Waals surface area contributed by atoms with Gasteiger partial charge in [0.25, 0.3) is 0 Å². The van der Waals surface area contributed by atoms with Crippen LogP contribution in [0.1, 0.15) is 38.1 Å². The van der Waals surface area contributed by atoms with Crippen LogP contribution in [-0.4, -0.2) is 22.0 Å². The molecule has 1 aromatic heterocycles. The van der Waals surface area contributed by atoms with Gasteiger partial charge in [0.2, 0.25) is 0 Å². The zero-order chi connectivity index (χ0) is 14.3. The molecule has 1 saturated carbocycles. The van der Waals surface area contributed by atoms with Gasteiger partial charge >= 0.3 is 0 Å². The number of anilines is 1. The Morgan fingerprint density at radius 3 is 2.95 bits per heavy atom. The summed E-state index contributed by atoms with van der Waals surface area (Å²) in [5.74, 6) is 0. The second kappa shape index (κ2) is 4.88. The van der Waals surface area contributed by atoms with E-state index >= 15 is 0 Å². The van der Waals surface area contributed by atoms with E-state index in [1.165, 1.54) is 19.3 Å². The molecule has 1 aromatic carbocycles. The highest BCUT2D eigenvalue weighted by Crippen LogP contribution is 2.45. The fourth-order valence-electron chi connectivity index (χ4n) is 3.55. The molecule has 4 heteroatoms. The van der Waals surface area contributed by atoms with Gasteiger partial charge in [-0.05, 0) is 49.8 Å². The third-order valence-corrected chi connectivity index (χ3v) is 4.93. The van der Waals surface area contributed by atoms with Gasteiger partial charge in [-0.3, -0.25) is 4.68 Å². The Labute approximate surface area is 124 Å². The topological polar surface area (TPSA) is 53.1 Å². The molecule has 1 aliphatic carbocycles. The standard InChI is InChI=1S/C17H21N3O/c18-15-4-1-3-13(9-15)14-11-19-20(12-14)16-5-8-21-17(10-16)6-2-7-17/h1,3-4,9,11-12,16H,2,5-8,10,18H2. The molecule has 110 valence electrons. The predicted octanol–water partition coefficient (Wildman–Crippen LogP) is 3.41. The van der Waals surface area contributed by atoms with E-state index in [1.54, 1.807) is 0 Å². The normalized spacial score (nSPS) is 23.9. The third kappa shape index (κ3) is 2.33. The van der Waals surface area contributed by atoms with Gasteiger partial charge in [0.1, 0.15) is 0 Å². The molecule has 0 bridgehead atoms. The quantitative estimate of drug-likeness (QED) is 0.859. The molecule has 0 amide bonds. The van der Waals surface area contributed by atoms with Crippen molar-refractivity contribution in [2.24, 2.45) is 0 Å². The number of hydrogen-bond donors (Lipinski definition) is 1. The Morgan fingerprint density at radius 1 is 1.29 bits per heavy atom. The molecule has 1 unspecified atom stereocenters. The molecular formula is C17H21N3O. The van der Waals surface area contributed by atoms with Crippen LogP contribution in [-0.2, 0) is 4.74 Å². The number of rotatable bonds is 2. The van der Waals surface area contributed by atoms with E-state index in [9.17, 15) is 0 Å². The first-order valence-electron chi connectivity index (χ1n) is 7.78. The van der Waals surface area contributed by atoms with Crippen LogP contribution in [0.15, 0.2) is 36.7 Å². The van der Waals surface area contributed by atoms with E-state index in [-0.39, 0.29) is 5.60 Å². The number of benzene rings is 1. The van der Waals surface area contributed by atoms with Crippen molar-refractivity contribution in [2.75, 3.05) is 12.3 Å². The molecule has 1 saturated heterocycles. The summed E-state index contributed by atoms with van der Waals surface area (Å²) in [6, 6.07) is 8.44. The highest BCUT2D eigenvalue weighted by Gasteiger charge is 2.43. The van der Waals surface area contributed by atoms with Gasteiger partial charge in [-0.25, -0.2) is 0 Å². The van der Waals surface area contributed by atoms with Gasteiger partial charge in [-0.1, -0.05) is 12.1 Å². The number of aromatic nitrogens is 2. The molecule has 4 rings (SSSR count). The van der Waals surface area contributed by atoms with Crippen LogP contribution in [0.25, 0.3) is 11.1 Å². The molecule has 2 aliphatic rings. The molecule has 2 aromatic rings. The average molecular weight is 283 g/mol. The molecule has 21 heavy (non-hydrogen) atoms. The lowest BCUT2D eigenvalue weighted by Crippen LogP contribution is -2.46. The molecule has 2 heterocycles. The lowest BCUT2D eigenvalue weighted by molar-refractivity contribution is -0.141. The summed E-state index contributed by atoms with van der Waals surface area (Å²) in [7, 11) is 0. The first-order valence-corrected chi connectivity index (χ1v) is 7.78. The molecule has 2 N–H and O–H groups in total. The van der Waals surface area contributed by atoms with Crippen molar-refractivity contribution in [3.8, 4) is 11.1 Å². The largest absolute Gasteiger partial charge is 0.399 e. The third-order valence-electron chi connectivity index (χ3n) is 4.93. The summed E-state index contributed by atoms with van der Waals surface area (Å²) in [6.45, 7) is 0.859. The number of nitrogens with zero attached hydrogens (tertiary/aromatic N) is 2. The van der Waals surface area contributed by atoms with Crippen molar-refractivity contribution in [1.29, 1.82) is 0 Å². The van der Waals surface area contributed by atoms with E-state index < -0.39 is 0 Å². The minimum atomic E-state index is 0.159. The lowest BCUT2D eigenvalue weighted by atomic mass is 9.74. The van der Waals surface area contributed by atoms with Gasteiger partial charge in [0.15, 0.2) is 0 Å². The van der Waals surface area contributed by atoms with Crippen molar-refractivity contribution < 1.29 is 4.74 Å². The summed E-state index contributed by atoms with van der Waals surface area (Å²) in [5, 5.41) is 4.59. The van der Waals surface area contributed by atoms with Crippen LogP contribution >= 0.6 is 0 Å². The van der Waals surface area contributed by atoms with E-state index in [1.807, 2.05) is 24.4 Å². The van der Waals surface area contributed by atoms with Gasteiger partial charge in [0, 0.05) is 24.1 Å². The average Bonchev–Trinajstić information content (AvgIpc) is 2.96. The molecule has 0 radical (unpaired) electrons. The zero-order valence-electron chi connectivity index (χ0n) is 12.2. The highest BCUT2D eigenvalue weighted by atomic mass is 16.5. The molecule has 2 fully saturated rings. The second-order valence-corrected chi connectivity index (χ2v) is 6.37. The summed E-state index contributed by atoms with van der Waals surface area (Å²) in [4.78, 5) is 0. The Balaban J connectivity index is 1.56. The Kier molecular flexibility index (Phi) is 3.00. The van der Waals surface area contributed by atoms with Crippen LogP contribution in [0.5, 0.6) is 0 Å². The van der Waals surface area contributed by atoms with Crippen LogP contribution < -0.4 is 5.73 Å². The zero-order valence-corrected chi connectivity index (χ0v) is 12.2. The van der Waals surface area contributed by atoms with Gasteiger partial charge in [-0.15, -0.1) is 0 Å². The first kappa shape index (κ1) is 12.9. The molecule has 1 aliphatic heterocycles. The summed E-state index contributed by atoms with van der Waals surface area (Å²) in [6.07, 6.45) is 9.99. The number of hydrogen-bond acceptors (Lipinski definition) is 3. The van der Waals surface area contributed by atoms with Crippen molar-refractivity contribution in [1.82, 2.24) is 9.78 Å². The van der Waals surface area contributed by atoms with E-state index in [0.717, 1.165) is 36.3 Å². The van der Waals surface area contributed by atoms with Gasteiger partial charge < -0.3 is 10.5 Å². The molecule has 4 nitrogen and oxygen atoms in total. The monoisotopic (exact) mass is 283 g/mol. The lowest BCUT2D eigenvalue weighted by Gasteiger charge is -2.47. The maximum absolute atomic E-state index is 6.00. The predicted molar refractivity (Wildman–Crippen MR) is 82.9 cm³/mol. The fourth-order valence-corrected chi connectivity index (χ4v) is 3.55. The maximum Gasteiger partial charge on any atom is 0.0703 e. The minimum Gasteiger partial charge on any atom is -0.399 e. The van der Waals surface area contributed by atoms with Crippen LogP contribution in [0, 0.1) is 0 Å². The number of nitrogen functional groups attached to an aromatic ring is 1. The van der Waals surface area contributed by atoms with E-state index in [4.69, 9.17) is 10.5 Å². The Morgan fingerprint density at radius 2 is 2.19 bits per heavy atom. The van der Waals surface area contributed by atoms with Crippen molar-refractivity contribution in [3.05, 3.63) is 36.7 Å². The fraction of sp³-hybridized carbons (Fsp3) is 0.471. The maximum atomic E-state index is 6.00. The first-order chi connectivity index (χ1) is 10.2. The van der Waals surface area contributed by atoms with Crippen molar-refractivity contribution in [3.63, 3.8) is 0 Å². The van der Waals surface area contributed by atoms with Crippen LogP contribution in [0.3, 0.4) is 0 Å². The highest BCUT2D eigenvalue weighted by molar-refractivity contribution is 5.65. The number of ether oxygens (including phenoxy) is 1. The molecule has 1 spiro atoms. The summed E-state index contributed by atoms with van der Waals surface area (Å²) >= 11 is 0. The second-order valence-electron chi connectivity index (χ2n) is 6.37. The smallest absolute Gasteiger partial charge is 0.0703 e. The van der Waals surface area contributed by atoms with Crippen molar-refractivity contribution in [2.45, 2.75) is 43.7 Å². The Hall–Kier alpha value is -1.81. The van der Waals surface area contributed by atoms with Crippen LogP contribution in [0.2, 0.25) is 0 Å². The molecule has 1 atom stereocenters.